The molecule has 1 saturated heterocycles. The highest BCUT2D eigenvalue weighted by molar-refractivity contribution is 5.90. The number of likely N-dealkylation sites (N-methyl/N-ethyl adjacent to an activating group) is 1. The van der Waals surface area contributed by atoms with Crippen LogP contribution in [-0.4, -0.2) is 59.9 Å². The van der Waals surface area contributed by atoms with Crippen LogP contribution in [-0.2, 0) is 4.74 Å². The van der Waals surface area contributed by atoms with Crippen LogP contribution in [0.5, 0.6) is 5.75 Å². The Morgan fingerprint density at radius 3 is 3.26 bits per heavy atom. The molecular formula is C13H18N2O4. The van der Waals surface area contributed by atoms with Crippen LogP contribution < -0.4 is 4.74 Å². The molecule has 1 atom stereocenters. The number of carbonyl (C=O) groups is 1. The van der Waals surface area contributed by atoms with Crippen molar-refractivity contribution < 1.29 is 19.4 Å². The molecule has 0 bridgehead atoms. The summed E-state index contributed by atoms with van der Waals surface area (Å²) in [5.41, 5.74) is 0.123. The standard InChI is InChI=1S/C13H18N2O4/c1-2-15-5-6-18-10(8-15)9-19-12-7-14-4-3-11(12)13(16)17/h3-4,7,10H,2,5-6,8-9H2,1H3,(H,16,17). The zero-order valence-electron chi connectivity index (χ0n) is 10.9. The normalized spacial score (nSPS) is 20.2. The molecular weight excluding hydrogens is 248 g/mol. The van der Waals surface area contributed by atoms with E-state index in [1.165, 1.54) is 18.5 Å². The topological polar surface area (TPSA) is 71.9 Å². The molecule has 2 rings (SSSR count). The van der Waals surface area contributed by atoms with Gasteiger partial charge >= 0.3 is 5.97 Å². The van der Waals surface area contributed by atoms with Crippen LogP contribution in [0.15, 0.2) is 18.5 Å². The van der Waals surface area contributed by atoms with Gasteiger partial charge in [-0.15, -0.1) is 0 Å². The van der Waals surface area contributed by atoms with E-state index in [0.717, 1.165) is 19.6 Å². The van der Waals surface area contributed by atoms with E-state index in [-0.39, 0.29) is 17.4 Å². The number of ether oxygens (including phenoxy) is 2. The first-order chi connectivity index (χ1) is 9.20. The SMILES string of the molecule is CCN1CCOC(COc2cnccc2C(=O)O)C1. The van der Waals surface area contributed by atoms with Gasteiger partial charge < -0.3 is 14.6 Å². The lowest BCUT2D eigenvalue weighted by molar-refractivity contribution is -0.0465. The maximum Gasteiger partial charge on any atom is 0.339 e. The van der Waals surface area contributed by atoms with Gasteiger partial charge in [0.1, 0.15) is 18.3 Å². The minimum atomic E-state index is -1.02. The molecule has 6 nitrogen and oxygen atoms in total. The summed E-state index contributed by atoms with van der Waals surface area (Å²) in [6.07, 6.45) is 2.83. The van der Waals surface area contributed by atoms with E-state index in [0.29, 0.717) is 13.2 Å². The van der Waals surface area contributed by atoms with Crippen molar-refractivity contribution >= 4 is 5.97 Å². The van der Waals surface area contributed by atoms with Crippen LogP contribution >= 0.6 is 0 Å². The maximum absolute atomic E-state index is 11.0. The Hall–Kier alpha value is -1.66. The fourth-order valence-corrected chi connectivity index (χ4v) is 2.02. The molecule has 19 heavy (non-hydrogen) atoms. The smallest absolute Gasteiger partial charge is 0.339 e. The van der Waals surface area contributed by atoms with Crippen LogP contribution in [0.2, 0.25) is 0 Å². The van der Waals surface area contributed by atoms with E-state index in [9.17, 15) is 4.79 Å². The summed E-state index contributed by atoms with van der Waals surface area (Å²) in [7, 11) is 0. The van der Waals surface area contributed by atoms with E-state index in [1.807, 2.05) is 0 Å². The second kappa shape index (κ2) is 6.49. The highest BCUT2D eigenvalue weighted by atomic mass is 16.5. The number of aromatic carboxylic acids is 1. The van der Waals surface area contributed by atoms with Crippen molar-refractivity contribution in [1.29, 1.82) is 0 Å². The lowest BCUT2D eigenvalue weighted by atomic mass is 10.2. The number of rotatable bonds is 5. The number of morpholine rings is 1. The van der Waals surface area contributed by atoms with Crippen LogP contribution in [0.3, 0.4) is 0 Å². The first-order valence-electron chi connectivity index (χ1n) is 6.34. The summed E-state index contributed by atoms with van der Waals surface area (Å²) < 4.78 is 11.1. The van der Waals surface area contributed by atoms with Gasteiger partial charge in [-0.1, -0.05) is 6.92 Å². The van der Waals surface area contributed by atoms with Crippen LogP contribution in [0.1, 0.15) is 17.3 Å². The molecule has 1 aromatic rings. The Balaban J connectivity index is 1.93. The first-order valence-corrected chi connectivity index (χ1v) is 6.34. The van der Waals surface area contributed by atoms with Gasteiger partial charge in [0, 0.05) is 19.3 Å². The Labute approximate surface area is 112 Å². The number of hydrogen-bond acceptors (Lipinski definition) is 5. The van der Waals surface area contributed by atoms with Crippen LogP contribution in [0.4, 0.5) is 0 Å². The van der Waals surface area contributed by atoms with E-state index in [2.05, 4.69) is 16.8 Å². The largest absolute Gasteiger partial charge is 0.488 e. The van der Waals surface area contributed by atoms with Gasteiger partial charge in [0.25, 0.3) is 0 Å². The summed E-state index contributed by atoms with van der Waals surface area (Å²) in [6.45, 7) is 5.84. The molecule has 1 aromatic heterocycles. The van der Waals surface area contributed by atoms with E-state index in [4.69, 9.17) is 14.6 Å². The minimum absolute atomic E-state index is 0.0319. The van der Waals surface area contributed by atoms with Crippen molar-refractivity contribution in [3.05, 3.63) is 24.0 Å². The minimum Gasteiger partial charge on any atom is -0.488 e. The zero-order valence-corrected chi connectivity index (χ0v) is 10.9. The van der Waals surface area contributed by atoms with E-state index >= 15 is 0 Å². The molecule has 1 aliphatic rings. The summed E-state index contributed by atoms with van der Waals surface area (Å²) in [5.74, 6) is -0.732. The molecule has 1 fully saturated rings. The molecule has 0 radical (unpaired) electrons. The van der Waals surface area contributed by atoms with Crippen molar-refractivity contribution in [3.63, 3.8) is 0 Å². The third kappa shape index (κ3) is 3.65. The van der Waals surface area contributed by atoms with Crippen molar-refractivity contribution in [2.75, 3.05) is 32.8 Å². The molecule has 104 valence electrons. The molecule has 1 N–H and O–H groups in total. The average molecular weight is 266 g/mol. The summed E-state index contributed by atoms with van der Waals surface area (Å²) in [5, 5.41) is 9.04. The molecule has 0 spiro atoms. The summed E-state index contributed by atoms with van der Waals surface area (Å²) in [4.78, 5) is 17.2. The lowest BCUT2D eigenvalue weighted by Crippen LogP contribution is -2.44. The monoisotopic (exact) mass is 266 g/mol. The van der Waals surface area contributed by atoms with Crippen molar-refractivity contribution in [2.45, 2.75) is 13.0 Å². The van der Waals surface area contributed by atoms with Crippen molar-refractivity contribution in [2.24, 2.45) is 0 Å². The van der Waals surface area contributed by atoms with Gasteiger partial charge in [-0.05, 0) is 12.6 Å². The Morgan fingerprint density at radius 2 is 2.53 bits per heavy atom. The van der Waals surface area contributed by atoms with Gasteiger partial charge in [-0.2, -0.15) is 0 Å². The van der Waals surface area contributed by atoms with Gasteiger partial charge in [-0.25, -0.2) is 4.79 Å². The average Bonchev–Trinajstić information content (AvgIpc) is 2.45. The number of aromatic nitrogens is 1. The molecule has 1 aliphatic heterocycles. The highest BCUT2D eigenvalue weighted by Crippen LogP contribution is 2.17. The zero-order chi connectivity index (χ0) is 13.7. The number of pyridine rings is 1. The Morgan fingerprint density at radius 1 is 1.68 bits per heavy atom. The highest BCUT2D eigenvalue weighted by Gasteiger charge is 2.20. The summed E-state index contributed by atoms with van der Waals surface area (Å²) in [6, 6.07) is 1.43. The molecule has 6 heteroatoms. The van der Waals surface area contributed by atoms with Crippen LogP contribution in [0, 0.1) is 0 Å². The maximum atomic E-state index is 11.0. The second-order valence-corrected chi connectivity index (χ2v) is 4.37. The summed E-state index contributed by atoms with van der Waals surface area (Å²) >= 11 is 0. The molecule has 0 aliphatic carbocycles. The predicted octanol–water partition coefficient (Wildman–Crippen LogP) is 0.879. The van der Waals surface area contributed by atoms with Gasteiger partial charge in [0.15, 0.2) is 5.75 Å². The fourth-order valence-electron chi connectivity index (χ4n) is 2.02. The van der Waals surface area contributed by atoms with Gasteiger partial charge in [-0.3, -0.25) is 9.88 Å². The Bertz CT molecular complexity index is 438. The van der Waals surface area contributed by atoms with Crippen LogP contribution in [0.25, 0.3) is 0 Å². The van der Waals surface area contributed by atoms with Crippen molar-refractivity contribution in [1.82, 2.24) is 9.88 Å². The van der Waals surface area contributed by atoms with Gasteiger partial charge in [0.05, 0.1) is 12.8 Å². The molecule has 2 heterocycles. The second-order valence-electron chi connectivity index (χ2n) is 4.37. The molecule has 1 unspecified atom stereocenters. The molecule has 0 amide bonds. The number of hydrogen-bond donors (Lipinski definition) is 1. The third-order valence-electron chi connectivity index (χ3n) is 3.11. The number of carboxylic acid groups (broad SMARTS) is 1. The number of nitrogens with zero attached hydrogens (tertiary/aromatic N) is 2. The molecule has 0 aromatic carbocycles. The predicted molar refractivity (Wildman–Crippen MR) is 68.5 cm³/mol. The molecule has 0 saturated carbocycles. The number of carboxylic acids is 1. The quantitative estimate of drug-likeness (QED) is 0.853. The van der Waals surface area contributed by atoms with Crippen molar-refractivity contribution in [3.8, 4) is 5.75 Å². The lowest BCUT2D eigenvalue weighted by Gasteiger charge is -2.31. The Kier molecular flexibility index (Phi) is 4.70. The van der Waals surface area contributed by atoms with E-state index < -0.39 is 5.97 Å². The van der Waals surface area contributed by atoms with E-state index in [1.54, 1.807) is 0 Å². The first kappa shape index (κ1) is 13.8. The van der Waals surface area contributed by atoms with Gasteiger partial charge in [0.2, 0.25) is 0 Å². The third-order valence-corrected chi connectivity index (χ3v) is 3.11. The fraction of sp³-hybridized carbons (Fsp3) is 0.538.